The Balaban J connectivity index is 2.94. The van der Waals surface area contributed by atoms with E-state index in [-0.39, 0.29) is 6.61 Å². The summed E-state index contributed by atoms with van der Waals surface area (Å²) in [7, 11) is 0. The summed E-state index contributed by atoms with van der Waals surface area (Å²) in [5.41, 5.74) is 1.01. The minimum absolute atomic E-state index is 0.0430. The first-order valence-corrected chi connectivity index (χ1v) is 6.91. The van der Waals surface area contributed by atoms with Gasteiger partial charge in [-0.25, -0.2) is 0 Å². The Morgan fingerprint density at radius 1 is 0.700 bits per heavy atom. The number of aliphatic hydroxyl groups excluding tert-OH is 1. The van der Waals surface area contributed by atoms with E-state index in [1.54, 1.807) is 0 Å². The van der Waals surface area contributed by atoms with Crippen LogP contribution in [0.5, 0.6) is 0 Å². The van der Waals surface area contributed by atoms with Crippen molar-refractivity contribution in [2.45, 2.75) is 6.92 Å². The average molecular weight is 292 g/mol. The maximum absolute atomic E-state index is 8.47. The van der Waals surface area contributed by atoms with Gasteiger partial charge in [-0.05, 0) is 6.92 Å². The van der Waals surface area contributed by atoms with Crippen molar-refractivity contribution in [2.75, 3.05) is 72.7 Å². The highest BCUT2D eigenvalue weighted by molar-refractivity contribution is 4.87. The quantitative estimate of drug-likeness (QED) is 0.333. The van der Waals surface area contributed by atoms with Gasteiger partial charge in [-0.1, -0.05) is 12.2 Å². The molecule has 1 N–H and O–H groups in total. The van der Waals surface area contributed by atoms with Crippen LogP contribution in [0.3, 0.4) is 0 Å². The van der Waals surface area contributed by atoms with E-state index in [2.05, 4.69) is 6.58 Å². The summed E-state index contributed by atoms with van der Waals surface area (Å²) in [6.45, 7) is 11.0. The molecule has 0 aromatic carbocycles. The van der Waals surface area contributed by atoms with Gasteiger partial charge >= 0.3 is 0 Å². The van der Waals surface area contributed by atoms with Crippen LogP contribution in [-0.4, -0.2) is 77.8 Å². The minimum atomic E-state index is 0.0430. The summed E-state index contributed by atoms with van der Waals surface area (Å²) in [5, 5.41) is 8.47. The number of aliphatic hydroxyl groups is 1. The summed E-state index contributed by atoms with van der Waals surface area (Å²) in [6.07, 6.45) is 0. The molecule has 0 radical (unpaired) electrons. The van der Waals surface area contributed by atoms with Crippen LogP contribution in [0.4, 0.5) is 0 Å². The zero-order chi connectivity index (χ0) is 14.9. The van der Waals surface area contributed by atoms with Gasteiger partial charge in [0.05, 0.1) is 72.7 Å². The minimum Gasteiger partial charge on any atom is -0.394 e. The van der Waals surface area contributed by atoms with Crippen LogP contribution in [0.1, 0.15) is 6.92 Å². The van der Waals surface area contributed by atoms with Gasteiger partial charge in [-0.15, -0.1) is 0 Å². The van der Waals surface area contributed by atoms with Crippen molar-refractivity contribution in [3.05, 3.63) is 12.2 Å². The topological polar surface area (TPSA) is 66.4 Å². The highest BCUT2D eigenvalue weighted by atomic mass is 16.6. The Morgan fingerprint density at radius 2 is 1.05 bits per heavy atom. The summed E-state index contributed by atoms with van der Waals surface area (Å²) in [4.78, 5) is 0. The lowest BCUT2D eigenvalue weighted by Gasteiger charge is -2.07. The fourth-order valence-electron chi connectivity index (χ4n) is 1.19. The molecule has 0 spiro atoms. The molecule has 6 nitrogen and oxygen atoms in total. The van der Waals surface area contributed by atoms with Gasteiger partial charge in [-0.2, -0.15) is 0 Å². The number of hydrogen-bond donors (Lipinski definition) is 1. The average Bonchev–Trinajstić information content (AvgIpc) is 2.43. The maximum Gasteiger partial charge on any atom is 0.0704 e. The molecule has 0 aliphatic rings. The third-order valence-electron chi connectivity index (χ3n) is 2.07. The molecule has 6 heteroatoms. The Labute approximate surface area is 121 Å². The van der Waals surface area contributed by atoms with Crippen LogP contribution >= 0.6 is 0 Å². The Morgan fingerprint density at radius 3 is 1.40 bits per heavy atom. The van der Waals surface area contributed by atoms with Crippen LogP contribution < -0.4 is 0 Å². The third kappa shape index (κ3) is 17.5. The van der Waals surface area contributed by atoms with Crippen molar-refractivity contribution < 1.29 is 28.8 Å². The zero-order valence-electron chi connectivity index (χ0n) is 12.5. The van der Waals surface area contributed by atoms with E-state index >= 15 is 0 Å². The zero-order valence-corrected chi connectivity index (χ0v) is 12.5. The molecule has 0 atom stereocenters. The molecule has 0 fully saturated rings. The van der Waals surface area contributed by atoms with Crippen LogP contribution in [0.2, 0.25) is 0 Å². The number of rotatable bonds is 16. The maximum atomic E-state index is 8.47. The van der Waals surface area contributed by atoms with E-state index in [1.807, 2.05) is 6.92 Å². The second kappa shape index (κ2) is 16.6. The van der Waals surface area contributed by atoms with Gasteiger partial charge < -0.3 is 28.8 Å². The monoisotopic (exact) mass is 292 g/mol. The lowest BCUT2D eigenvalue weighted by Crippen LogP contribution is -2.13. The molecule has 0 unspecified atom stereocenters. The molecular formula is C14H28O6. The van der Waals surface area contributed by atoms with E-state index in [9.17, 15) is 0 Å². The Hall–Kier alpha value is -0.500. The highest BCUT2D eigenvalue weighted by Gasteiger charge is 1.93. The molecule has 120 valence electrons. The van der Waals surface area contributed by atoms with E-state index < -0.39 is 0 Å². The molecule has 0 aromatic heterocycles. The highest BCUT2D eigenvalue weighted by Crippen LogP contribution is 1.88. The van der Waals surface area contributed by atoms with Crippen molar-refractivity contribution in [3.63, 3.8) is 0 Å². The first-order chi connectivity index (χ1) is 9.77. The fraction of sp³-hybridized carbons (Fsp3) is 0.857. The molecule has 0 aliphatic carbocycles. The standard InChI is InChI=1S/C14H28O6/c1-14(2)13-20-12-11-19-10-9-18-8-7-17-6-5-16-4-3-15/h15H,1,3-13H2,2H3. The molecule has 0 saturated heterocycles. The summed E-state index contributed by atoms with van der Waals surface area (Å²) >= 11 is 0. The van der Waals surface area contributed by atoms with Gasteiger partial charge in [0.15, 0.2) is 0 Å². The van der Waals surface area contributed by atoms with Gasteiger partial charge in [-0.3, -0.25) is 0 Å². The van der Waals surface area contributed by atoms with E-state index in [0.29, 0.717) is 66.1 Å². The number of hydrogen-bond acceptors (Lipinski definition) is 6. The predicted octanol–water partition coefficient (Wildman–Crippen LogP) is 0.638. The van der Waals surface area contributed by atoms with Crippen LogP contribution in [0, 0.1) is 0 Å². The van der Waals surface area contributed by atoms with Crippen LogP contribution in [0.25, 0.3) is 0 Å². The van der Waals surface area contributed by atoms with Crippen molar-refractivity contribution in [3.8, 4) is 0 Å². The van der Waals surface area contributed by atoms with Gasteiger partial charge in [0, 0.05) is 0 Å². The molecule has 0 rings (SSSR count). The largest absolute Gasteiger partial charge is 0.394 e. The Kier molecular flexibility index (Phi) is 16.1. The van der Waals surface area contributed by atoms with Gasteiger partial charge in [0.2, 0.25) is 0 Å². The van der Waals surface area contributed by atoms with Crippen molar-refractivity contribution in [1.82, 2.24) is 0 Å². The van der Waals surface area contributed by atoms with Crippen LogP contribution in [0.15, 0.2) is 12.2 Å². The van der Waals surface area contributed by atoms with Crippen molar-refractivity contribution >= 4 is 0 Å². The molecule has 0 saturated carbocycles. The molecule has 0 amide bonds. The normalized spacial score (nSPS) is 10.9. The third-order valence-corrected chi connectivity index (χ3v) is 2.07. The molecular weight excluding hydrogens is 264 g/mol. The predicted molar refractivity (Wildman–Crippen MR) is 76.0 cm³/mol. The van der Waals surface area contributed by atoms with E-state index in [0.717, 1.165) is 5.57 Å². The second-order valence-electron chi connectivity index (χ2n) is 4.18. The Bertz CT molecular complexity index is 210. The molecule has 20 heavy (non-hydrogen) atoms. The smallest absolute Gasteiger partial charge is 0.0704 e. The van der Waals surface area contributed by atoms with Crippen molar-refractivity contribution in [2.24, 2.45) is 0 Å². The van der Waals surface area contributed by atoms with Gasteiger partial charge in [0.25, 0.3) is 0 Å². The first-order valence-electron chi connectivity index (χ1n) is 6.91. The molecule has 0 bridgehead atoms. The lowest BCUT2D eigenvalue weighted by molar-refractivity contribution is -0.0121. The van der Waals surface area contributed by atoms with Crippen LogP contribution in [-0.2, 0) is 23.7 Å². The van der Waals surface area contributed by atoms with Crippen molar-refractivity contribution in [1.29, 1.82) is 0 Å². The summed E-state index contributed by atoms with van der Waals surface area (Å²) in [5.74, 6) is 0. The molecule has 0 heterocycles. The van der Waals surface area contributed by atoms with E-state index in [1.165, 1.54) is 0 Å². The lowest BCUT2D eigenvalue weighted by atomic mass is 10.4. The van der Waals surface area contributed by atoms with Gasteiger partial charge in [0.1, 0.15) is 0 Å². The number of ether oxygens (including phenoxy) is 5. The second-order valence-corrected chi connectivity index (χ2v) is 4.18. The molecule has 0 aliphatic heterocycles. The van der Waals surface area contributed by atoms with E-state index in [4.69, 9.17) is 28.8 Å². The fourth-order valence-corrected chi connectivity index (χ4v) is 1.19. The molecule has 0 aromatic rings. The summed E-state index contributed by atoms with van der Waals surface area (Å²) < 4.78 is 26.2. The SMILES string of the molecule is C=C(C)COCCOCCOCCOCCOCCO. The summed E-state index contributed by atoms with van der Waals surface area (Å²) in [6, 6.07) is 0. The first kappa shape index (κ1) is 19.5.